The Hall–Kier alpha value is -2.91. The molecule has 9 heteroatoms. The predicted molar refractivity (Wildman–Crippen MR) is 142 cm³/mol. The molecule has 1 aromatic heterocycles. The number of anilines is 2. The molecule has 6 rings (SSSR count). The summed E-state index contributed by atoms with van der Waals surface area (Å²) < 4.78 is 11.4. The van der Waals surface area contributed by atoms with Gasteiger partial charge in [0.25, 0.3) is 0 Å². The standard InChI is InChI=1S/C28H38N6O3/c1-36-24-7-3-2-6-23(24)28(10-11-28)27(35)34-18-16-33(17-19-34)26-9-8-25(29-30-26)32-14-12-31(13-15-32)21-22-5-4-20-37-22/h2-3,6-9,22H,4-5,10-21H2,1H3. The number of piperazine rings is 2. The highest BCUT2D eigenvalue weighted by Crippen LogP contribution is 2.52. The molecule has 9 nitrogen and oxygen atoms in total. The minimum absolute atomic E-state index is 0.233. The first kappa shape index (κ1) is 24.4. The van der Waals surface area contributed by atoms with Crippen molar-refractivity contribution in [3.05, 3.63) is 42.0 Å². The van der Waals surface area contributed by atoms with Gasteiger partial charge in [0.2, 0.25) is 5.91 Å². The van der Waals surface area contributed by atoms with Crippen LogP contribution in [0, 0.1) is 0 Å². The molecule has 2 aromatic rings. The van der Waals surface area contributed by atoms with Gasteiger partial charge in [0.05, 0.1) is 18.6 Å². The monoisotopic (exact) mass is 506 g/mol. The molecule has 0 bridgehead atoms. The number of benzene rings is 1. The van der Waals surface area contributed by atoms with Crippen LogP contribution < -0.4 is 14.5 Å². The lowest BCUT2D eigenvalue weighted by Crippen LogP contribution is -2.52. The lowest BCUT2D eigenvalue weighted by atomic mass is 9.93. The summed E-state index contributed by atoms with van der Waals surface area (Å²) in [6, 6.07) is 12.1. The van der Waals surface area contributed by atoms with Crippen molar-refractivity contribution in [2.75, 3.05) is 82.4 Å². The van der Waals surface area contributed by atoms with Gasteiger partial charge in [0.15, 0.2) is 11.6 Å². The topological polar surface area (TPSA) is 74.3 Å². The van der Waals surface area contributed by atoms with E-state index in [2.05, 4.69) is 37.0 Å². The number of amides is 1. The highest BCUT2D eigenvalue weighted by Gasteiger charge is 2.54. The Morgan fingerprint density at radius 2 is 1.59 bits per heavy atom. The lowest BCUT2D eigenvalue weighted by molar-refractivity contribution is -0.134. The van der Waals surface area contributed by atoms with Gasteiger partial charge < -0.3 is 24.2 Å². The van der Waals surface area contributed by atoms with Gasteiger partial charge >= 0.3 is 0 Å². The molecule has 1 aliphatic carbocycles. The summed E-state index contributed by atoms with van der Waals surface area (Å²) in [5.74, 6) is 2.88. The number of hydrogen-bond donors (Lipinski definition) is 0. The van der Waals surface area contributed by atoms with Crippen molar-refractivity contribution in [1.29, 1.82) is 0 Å². The van der Waals surface area contributed by atoms with Crippen molar-refractivity contribution in [2.45, 2.75) is 37.2 Å². The second-order valence-electron chi connectivity index (χ2n) is 10.7. The van der Waals surface area contributed by atoms with E-state index in [-0.39, 0.29) is 5.91 Å². The predicted octanol–water partition coefficient (Wildman–Crippen LogP) is 2.17. The fraction of sp³-hybridized carbons (Fsp3) is 0.607. The van der Waals surface area contributed by atoms with E-state index in [1.807, 2.05) is 29.2 Å². The summed E-state index contributed by atoms with van der Waals surface area (Å²) in [6.07, 6.45) is 4.58. The number of ether oxygens (including phenoxy) is 2. The number of carbonyl (C=O) groups excluding carboxylic acids is 1. The quantitative estimate of drug-likeness (QED) is 0.566. The Morgan fingerprint density at radius 3 is 2.16 bits per heavy atom. The minimum Gasteiger partial charge on any atom is -0.496 e. The molecular formula is C28H38N6O3. The molecule has 198 valence electrons. The Kier molecular flexibility index (Phi) is 6.90. The van der Waals surface area contributed by atoms with Gasteiger partial charge in [-0.3, -0.25) is 9.69 Å². The zero-order chi connectivity index (χ0) is 25.2. The zero-order valence-electron chi connectivity index (χ0n) is 21.8. The summed E-state index contributed by atoms with van der Waals surface area (Å²) in [4.78, 5) is 22.6. The molecule has 1 atom stereocenters. The molecule has 1 amide bonds. The van der Waals surface area contributed by atoms with E-state index in [1.165, 1.54) is 12.8 Å². The van der Waals surface area contributed by atoms with Crippen LogP contribution in [0.3, 0.4) is 0 Å². The molecule has 0 radical (unpaired) electrons. The van der Waals surface area contributed by atoms with Crippen LogP contribution in [0.2, 0.25) is 0 Å². The fourth-order valence-electron chi connectivity index (χ4n) is 6.10. The second kappa shape index (κ2) is 10.5. The largest absolute Gasteiger partial charge is 0.496 e. The van der Waals surface area contributed by atoms with E-state index in [0.29, 0.717) is 19.2 Å². The van der Waals surface area contributed by atoms with Crippen LogP contribution in [0.4, 0.5) is 11.6 Å². The maximum atomic E-state index is 13.5. The van der Waals surface area contributed by atoms with Gasteiger partial charge in [0, 0.05) is 71.1 Å². The van der Waals surface area contributed by atoms with E-state index >= 15 is 0 Å². The average Bonchev–Trinajstić information content (AvgIpc) is 3.62. The number of methoxy groups -OCH3 is 1. The van der Waals surface area contributed by atoms with Gasteiger partial charge in [-0.1, -0.05) is 18.2 Å². The van der Waals surface area contributed by atoms with E-state index in [0.717, 1.165) is 88.2 Å². The molecule has 1 aromatic carbocycles. The van der Waals surface area contributed by atoms with E-state index < -0.39 is 5.41 Å². The van der Waals surface area contributed by atoms with Gasteiger partial charge in [0.1, 0.15) is 5.75 Å². The van der Waals surface area contributed by atoms with Crippen LogP contribution in [0.15, 0.2) is 36.4 Å². The van der Waals surface area contributed by atoms with E-state index in [9.17, 15) is 4.79 Å². The number of para-hydroxylation sites is 1. The van der Waals surface area contributed by atoms with E-state index in [4.69, 9.17) is 9.47 Å². The summed E-state index contributed by atoms with van der Waals surface area (Å²) in [7, 11) is 1.68. The Labute approximate surface area is 219 Å². The summed E-state index contributed by atoms with van der Waals surface area (Å²) in [5.41, 5.74) is 0.615. The fourth-order valence-corrected chi connectivity index (χ4v) is 6.10. The van der Waals surface area contributed by atoms with Crippen molar-refractivity contribution in [1.82, 2.24) is 20.0 Å². The Balaban J connectivity index is 1.01. The summed E-state index contributed by atoms with van der Waals surface area (Å²) in [6.45, 7) is 8.91. The third-order valence-electron chi connectivity index (χ3n) is 8.49. The average molecular weight is 507 g/mol. The normalized spacial score (nSPS) is 23.8. The maximum absolute atomic E-state index is 13.5. The zero-order valence-corrected chi connectivity index (χ0v) is 21.8. The maximum Gasteiger partial charge on any atom is 0.233 e. The van der Waals surface area contributed by atoms with Gasteiger partial charge in [-0.15, -0.1) is 10.2 Å². The SMILES string of the molecule is COc1ccccc1C1(C(=O)N2CCN(c3ccc(N4CCN(CC5CCCO5)CC4)nn3)CC2)CC1. The van der Waals surface area contributed by atoms with Crippen LogP contribution in [-0.2, 0) is 14.9 Å². The molecule has 37 heavy (non-hydrogen) atoms. The van der Waals surface area contributed by atoms with Crippen LogP contribution in [0.5, 0.6) is 5.75 Å². The molecule has 4 fully saturated rings. The van der Waals surface area contributed by atoms with Gasteiger partial charge in [-0.25, -0.2) is 0 Å². The number of rotatable bonds is 7. The molecule has 1 saturated carbocycles. The van der Waals surface area contributed by atoms with Crippen molar-refractivity contribution < 1.29 is 14.3 Å². The molecule has 1 unspecified atom stereocenters. The number of hydrogen-bond acceptors (Lipinski definition) is 8. The third-order valence-corrected chi connectivity index (χ3v) is 8.49. The second-order valence-corrected chi connectivity index (χ2v) is 10.7. The summed E-state index contributed by atoms with van der Waals surface area (Å²) >= 11 is 0. The molecule has 3 saturated heterocycles. The first-order chi connectivity index (χ1) is 18.2. The first-order valence-electron chi connectivity index (χ1n) is 13.8. The number of aromatic nitrogens is 2. The number of carbonyl (C=O) groups is 1. The van der Waals surface area contributed by atoms with Crippen molar-refractivity contribution in [2.24, 2.45) is 0 Å². The van der Waals surface area contributed by atoms with Crippen molar-refractivity contribution in [3.8, 4) is 5.75 Å². The van der Waals surface area contributed by atoms with Gasteiger partial charge in [-0.2, -0.15) is 0 Å². The molecule has 4 heterocycles. The van der Waals surface area contributed by atoms with Crippen molar-refractivity contribution in [3.63, 3.8) is 0 Å². The smallest absolute Gasteiger partial charge is 0.233 e. The molecular weight excluding hydrogens is 468 g/mol. The summed E-state index contributed by atoms with van der Waals surface area (Å²) in [5, 5.41) is 9.13. The molecule has 3 aliphatic heterocycles. The van der Waals surface area contributed by atoms with Crippen LogP contribution in [0.1, 0.15) is 31.2 Å². The number of nitrogens with zero attached hydrogens (tertiary/aromatic N) is 6. The first-order valence-corrected chi connectivity index (χ1v) is 13.8. The molecule has 0 N–H and O–H groups in total. The highest BCUT2D eigenvalue weighted by atomic mass is 16.5. The Bertz CT molecular complexity index is 1070. The molecule has 4 aliphatic rings. The third kappa shape index (κ3) is 4.99. The van der Waals surface area contributed by atoms with Crippen LogP contribution in [-0.4, -0.2) is 105 Å². The molecule has 0 spiro atoms. The Morgan fingerprint density at radius 1 is 0.946 bits per heavy atom. The highest BCUT2D eigenvalue weighted by molar-refractivity contribution is 5.92. The van der Waals surface area contributed by atoms with Crippen LogP contribution >= 0.6 is 0 Å². The van der Waals surface area contributed by atoms with Crippen molar-refractivity contribution >= 4 is 17.5 Å². The van der Waals surface area contributed by atoms with Gasteiger partial charge in [-0.05, 0) is 43.9 Å². The van der Waals surface area contributed by atoms with Crippen LogP contribution in [0.25, 0.3) is 0 Å². The minimum atomic E-state index is -0.412. The van der Waals surface area contributed by atoms with E-state index in [1.54, 1.807) is 7.11 Å². The lowest BCUT2D eigenvalue weighted by Gasteiger charge is -2.38.